The van der Waals surface area contributed by atoms with Crippen molar-refractivity contribution in [1.82, 2.24) is 0 Å². The van der Waals surface area contributed by atoms with Crippen LogP contribution >= 0.6 is 0 Å². The third-order valence-corrected chi connectivity index (χ3v) is 3.72. The standard InChI is InChI=1S/C20H19NO2/c1-14-7-10-18(11-8-14)21-20(22)15(2)23-19-12-9-16-5-3-4-6-17(16)13-19/h3-13,15H,1-2H3,(H,21,22). The SMILES string of the molecule is Cc1ccc(NC(=O)C(C)Oc2ccc3ccccc3c2)cc1. The normalized spacial score (nSPS) is 11.9. The first-order valence-electron chi connectivity index (χ1n) is 7.65. The molecule has 3 nitrogen and oxygen atoms in total. The van der Waals surface area contributed by atoms with Crippen molar-refractivity contribution < 1.29 is 9.53 Å². The summed E-state index contributed by atoms with van der Waals surface area (Å²) in [4.78, 5) is 12.2. The van der Waals surface area contributed by atoms with E-state index in [-0.39, 0.29) is 5.91 Å². The van der Waals surface area contributed by atoms with Gasteiger partial charge < -0.3 is 10.1 Å². The number of aryl methyl sites for hydroxylation is 1. The highest BCUT2D eigenvalue weighted by molar-refractivity contribution is 5.94. The van der Waals surface area contributed by atoms with Crippen LogP contribution in [0.15, 0.2) is 66.7 Å². The zero-order valence-electron chi connectivity index (χ0n) is 13.2. The quantitative estimate of drug-likeness (QED) is 0.767. The van der Waals surface area contributed by atoms with Crippen molar-refractivity contribution in [2.75, 3.05) is 5.32 Å². The Kier molecular flexibility index (Phi) is 4.29. The lowest BCUT2D eigenvalue weighted by Crippen LogP contribution is -2.30. The van der Waals surface area contributed by atoms with Gasteiger partial charge in [0.25, 0.3) is 5.91 Å². The molecule has 0 aromatic heterocycles. The number of benzene rings is 3. The van der Waals surface area contributed by atoms with Crippen LogP contribution in [-0.2, 0) is 4.79 Å². The van der Waals surface area contributed by atoms with Gasteiger partial charge in [-0.3, -0.25) is 4.79 Å². The molecule has 0 saturated carbocycles. The molecule has 1 amide bonds. The lowest BCUT2D eigenvalue weighted by atomic mass is 10.1. The zero-order valence-corrected chi connectivity index (χ0v) is 13.2. The first-order chi connectivity index (χ1) is 11.1. The highest BCUT2D eigenvalue weighted by Gasteiger charge is 2.15. The predicted octanol–water partition coefficient (Wildman–Crippen LogP) is 4.55. The Bertz CT molecular complexity index is 824. The fraction of sp³-hybridized carbons (Fsp3) is 0.150. The van der Waals surface area contributed by atoms with E-state index < -0.39 is 6.10 Å². The Labute approximate surface area is 135 Å². The molecule has 0 spiro atoms. The molecule has 3 rings (SSSR count). The molecule has 23 heavy (non-hydrogen) atoms. The molecular formula is C20H19NO2. The van der Waals surface area contributed by atoms with Crippen LogP contribution in [0.3, 0.4) is 0 Å². The van der Waals surface area contributed by atoms with Crippen LogP contribution < -0.4 is 10.1 Å². The topological polar surface area (TPSA) is 38.3 Å². The van der Waals surface area contributed by atoms with E-state index >= 15 is 0 Å². The summed E-state index contributed by atoms with van der Waals surface area (Å²) in [5.41, 5.74) is 1.93. The Balaban J connectivity index is 1.68. The molecule has 0 fully saturated rings. The van der Waals surface area contributed by atoms with Gasteiger partial charge in [0.2, 0.25) is 0 Å². The molecule has 0 aliphatic rings. The van der Waals surface area contributed by atoms with Gasteiger partial charge in [-0.2, -0.15) is 0 Å². The maximum Gasteiger partial charge on any atom is 0.265 e. The fourth-order valence-electron chi connectivity index (χ4n) is 2.38. The summed E-state index contributed by atoms with van der Waals surface area (Å²) in [6, 6.07) is 21.6. The molecular weight excluding hydrogens is 286 g/mol. The molecule has 1 unspecified atom stereocenters. The summed E-state index contributed by atoms with van der Waals surface area (Å²) in [5, 5.41) is 5.11. The van der Waals surface area contributed by atoms with E-state index in [1.807, 2.05) is 73.7 Å². The number of amides is 1. The zero-order chi connectivity index (χ0) is 16.2. The third kappa shape index (κ3) is 3.69. The molecule has 1 atom stereocenters. The van der Waals surface area contributed by atoms with Crippen molar-refractivity contribution in [2.45, 2.75) is 20.0 Å². The van der Waals surface area contributed by atoms with Gasteiger partial charge in [-0.25, -0.2) is 0 Å². The minimum Gasteiger partial charge on any atom is -0.481 e. The van der Waals surface area contributed by atoms with E-state index in [9.17, 15) is 4.79 Å². The first-order valence-corrected chi connectivity index (χ1v) is 7.65. The monoisotopic (exact) mass is 305 g/mol. The Morgan fingerprint density at radius 2 is 1.65 bits per heavy atom. The van der Waals surface area contributed by atoms with Gasteiger partial charge in [0.1, 0.15) is 5.75 Å². The maximum absolute atomic E-state index is 12.2. The average Bonchev–Trinajstić information content (AvgIpc) is 2.56. The molecule has 3 aromatic rings. The van der Waals surface area contributed by atoms with Crippen molar-refractivity contribution in [3.63, 3.8) is 0 Å². The molecule has 0 radical (unpaired) electrons. The van der Waals surface area contributed by atoms with Crippen molar-refractivity contribution in [3.05, 3.63) is 72.3 Å². The van der Waals surface area contributed by atoms with Crippen LogP contribution in [-0.4, -0.2) is 12.0 Å². The Morgan fingerprint density at radius 1 is 0.957 bits per heavy atom. The summed E-state index contributed by atoms with van der Waals surface area (Å²) in [5.74, 6) is 0.525. The number of rotatable bonds is 4. The number of fused-ring (bicyclic) bond motifs is 1. The number of carbonyl (C=O) groups excluding carboxylic acids is 1. The van der Waals surface area contributed by atoms with Gasteiger partial charge >= 0.3 is 0 Å². The molecule has 116 valence electrons. The molecule has 0 bridgehead atoms. The van der Waals surface area contributed by atoms with Gasteiger partial charge in [-0.15, -0.1) is 0 Å². The smallest absolute Gasteiger partial charge is 0.265 e. The lowest BCUT2D eigenvalue weighted by Gasteiger charge is -2.15. The number of hydrogen-bond acceptors (Lipinski definition) is 2. The second kappa shape index (κ2) is 6.53. The second-order valence-electron chi connectivity index (χ2n) is 5.62. The van der Waals surface area contributed by atoms with Crippen molar-refractivity contribution in [1.29, 1.82) is 0 Å². The summed E-state index contributed by atoms with van der Waals surface area (Å²) < 4.78 is 5.77. The van der Waals surface area contributed by atoms with E-state index in [1.165, 1.54) is 0 Å². The number of hydrogen-bond donors (Lipinski definition) is 1. The number of nitrogens with one attached hydrogen (secondary N) is 1. The number of carbonyl (C=O) groups is 1. The highest BCUT2D eigenvalue weighted by atomic mass is 16.5. The van der Waals surface area contributed by atoms with Crippen LogP contribution in [0.1, 0.15) is 12.5 Å². The number of ether oxygens (including phenoxy) is 1. The third-order valence-electron chi connectivity index (χ3n) is 3.72. The molecule has 0 aliphatic carbocycles. The van der Waals surface area contributed by atoms with Gasteiger partial charge in [-0.1, -0.05) is 48.0 Å². The highest BCUT2D eigenvalue weighted by Crippen LogP contribution is 2.21. The van der Waals surface area contributed by atoms with Gasteiger partial charge in [-0.05, 0) is 48.9 Å². The minimum atomic E-state index is -0.572. The van der Waals surface area contributed by atoms with Crippen LogP contribution in [0.2, 0.25) is 0 Å². The van der Waals surface area contributed by atoms with E-state index in [2.05, 4.69) is 5.32 Å². The lowest BCUT2D eigenvalue weighted by molar-refractivity contribution is -0.122. The van der Waals surface area contributed by atoms with E-state index in [1.54, 1.807) is 6.92 Å². The van der Waals surface area contributed by atoms with Gasteiger partial charge in [0.05, 0.1) is 0 Å². The summed E-state index contributed by atoms with van der Waals surface area (Å²) >= 11 is 0. The van der Waals surface area contributed by atoms with Gasteiger partial charge in [0, 0.05) is 5.69 Å². The number of anilines is 1. The van der Waals surface area contributed by atoms with Crippen molar-refractivity contribution in [3.8, 4) is 5.75 Å². The van der Waals surface area contributed by atoms with Crippen molar-refractivity contribution >= 4 is 22.4 Å². The maximum atomic E-state index is 12.2. The predicted molar refractivity (Wildman–Crippen MR) is 93.8 cm³/mol. The largest absolute Gasteiger partial charge is 0.481 e. The van der Waals surface area contributed by atoms with Crippen LogP contribution in [0.25, 0.3) is 10.8 Å². The van der Waals surface area contributed by atoms with E-state index in [4.69, 9.17) is 4.74 Å². The van der Waals surface area contributed by atoms with E-state index in [0.717, 1.165) is 22.0 Å². The molecule has 0 heterocycles. The van der Waals surface area contributed by atoms with Crippen LogP contribution in [0, 0.1) is 6.92 Å². The minimum absolute atomic E-state index is 0.165. The first kappa shape index (κ1) is 15.1. The molecule has 0 saturated heterocycles. The second-order valence-corrected chi connectivity index (χ2v) is 5.62. The molecule has 3 heteroatoms. The van der Waals surface area contributed by atoms with Gasteiger partial charge in [0.15, 0.2) is 6.10 Å². The summed E-state index contributed by atoms with van der Waals surface area (Å²) in [6.45, 7) is 3.76. The van der Waals surface area contributed by atoms with Crippen LogP contribution in [0.5, 0.6) is 5.75 Å². The summed E-state index contributed by atoms with van der Waals surface area (Å²) in [6.07, 6.45) is -0.572. The molecule has 1 N–H and O–H groups in total. The Hall–Kier alpha value is -2.81. The summed E-state index contributed by atoms with van der Waals surface area (Å²) in [7, 11) is 0. The van der Waals surface area contributed by atoms with E-state index in [0.29, 0.717) is 5.75 Å². The molecule has 0 aliphatic heterocycles. The fourth-order valence-corrected chi connectivity index (χ4v) is 2.38. The average molecular weight is 305 g/mol. The van der Waals surface area contributed by atoms with Crippen molar-refractivity contribution in [2.24, 2.45) is 0 Å². The molecule has 3 aromatic carbocycles. The van der Waals surface area contributed by atoms with Crippen LogP contribution in [0.4, 0.5) is 5.69 Å². The Morgan fingerprint density at radius 3 is 2.39 bits per heavy atom.